The summed E-state index contributed by atoms with van der Waals surface area (Å²) in [4.78, 5) is 21.1. The molecule has 1 unspecified atom stereocenters. The Labute approximate surface area is 143 Å². The lowest BCUT2D eigenvalue weighted by Gasteiger charge is -2.17. The minimum absolute atomic E-state index is 0.0903. The van der Waals surface area contributed by atoms with E-state index in [1.54, 1.807) is 6.08 Å². The molecular weight excluding hydrogens is 339 g/mol. The molecule has 1 N–H and O–H groups in total. The van der Waals surface area contributed by atoms with Crippen LogP contribution in [-0.4, -0.2) is 42.2 Å². The zero-order chi connectivity index (χ0) is 17.6. The van der Waals surface area contributed by atoms with Crippen molar-refractivity contribution in [3.8, 4) is 0 Å². The summed E-state index contributed by atoms with van der Waals surface area (Å²) in [6.07, 6.45) is 8.44. The second-order valence-corrected chi connectivity index (χ2v) is 7.82. The Hall–Kier alpha value is -0.170. The number of phosphoric ester groups is 1. The van der Waals surface area contributed by atoms with Crippen molar-refractivity contribution < 1.29 is 28.0 Å². The molecule has 8 heteroatoms. The number of phosphoric acid groups is 1. The lowest BCUT2D eigenvalue weighted by atomic mass is 10.2. The molecule has 0 saturated heterocycles. The molecule has 0 radical (unpaired) electrons. The van der Waals surface area contributed by atoms with Crippen molar-refractivity contribution in [2.45, 2.75) is 51.2 Å². The highest BCUT2D eigenvalue weighted by Crippen LogP contribution is 2.42. The van der Waals surface area contributed by atoms with Gasteiger partial charge in [-0.15, -0.1) is 0 Å². The van der Waals surface area contributed by atoms with E-state index >= 15 is 0 Å². The van der Waals surface area contributed by atoms with Crippen molar-refractivity contribution >= 4 is 24.7 Å². The summed E-state index contributed by atoms with van der Waals surface area (Å²) < 4.78 is 26.1. The van der Waals surface area contributed by atoms with Crippen LogP contribution in [0.2, 0.25) is 0 Å². The van der Waals surface area contributed by atoms with E-state index < -0.39 is 7.82 Å². The molecule has 0 aromatic carbocycles. The monoisotopic (exact) mass is 368 g/mol. The molecule has 0 rings (SSSR count). The second-order valence-electron chi connectivity index (χ2n) is 4.95. The maximum absolute atomic E-state index is 11.8. The second kappa shape index (κ2) is 14.2. The Kier molecular flexibility index (Phi) is 14.1. The van der Waals surface area contributed by atoms with Gasteiger partial charge in [0.25, 0.3) is 0 Å². The Morgan fingerprint density at radius 2 is 2.00 bits per heavy atom. The van der Waals surface area contributed by atoms with Crippen molar-refractivity contribution in [3.05, 3.63) is 12.2 Å². The van der Waals surface area contributed by atoms with Gasteiger partial charge in [0.05, 0.1) is 18.5 Å². The number of thioether (sulfide) groups is 1. The molecule has 23 heavy (non-hydrogen) atoms. The molecule has 0 aromatic heterocycles. The van der Waals surface area contributed by atoms with Gasteiger partial charge in [-0.3, -0.25) is 13.8 Å². The molecule has 0 heterocycles. The summed E-state index contributed by atoms with van der Waals surface area (Å²) in [5, 5.41) is -0.481. The number of carbonyl (C=O) groups excluding carboxylic acids is 1. The predicted molar refractivity (Wildman–Crippen MR) is 93.6 cm³/mol. The number of unbranched alkanes of at least 4 members (excludes halogenated alkanes) is 3. The van der Waals surface area contributed by atoms with Gasteiger partial charge in [0.1, 0.15) is 0 Å². The predicted octanol–water partition coefficient (Wildman–Crippen LogP) is 3.94. The average molecular weight is 368 g/mol. The van der Waals surface area contributed by atoms with Crippen molar-refractivity contribution in [2.24, 2.45) is 0 Å². The van der Waals surface area contributed by atoms with Crippen LogP contribution in [0.15, 0.2) is 12.2 Å². The standard InChI is InChI=1S/C15H29O6PS/c1-4-6-8-9-11-20-12-14(13-21-22(17,18)19-3)23-15(16)10-7-5-2/h7,10,14H,4-6,8-9,11-13H2,1-3H3,(H,17,18)/b10-7+/t14-/m0/s1. The first-order valence-corrected chi connectivity index (χ1v) is 10.3. The molecule has 0 fully saturated rings. The summed E-state index contributed by atoms with van der Waals surface area (Å²) in [5.74, 6) is 0. The first-order valence-electron chi connectivity index (χ1n) is 7.93. The number of hydrogen-bond donors (Lipinski definition) is 1. The first kappa shape index (κ1) is 22.8. The highest BCUT2D eigenvalue weighted by atomic mass is 32.2. The fourth-order valence-electron chi connectivity index (χ4n) is 1.61. The van der Waals surface area contributed by atoms with Crippen molar-refractivity contribution in [3.63, 3.8) is 0 Å². The lowest BCUT2D eigenvalue weighted by Crippen LogP contribution is -2.20. The first-order chi connectivity index (χ1) is 10.9. The highest BCUT2D eigenvalue weighted by Gasteiger charge is 2.23. The van der Waals surface area contributed by atoms with E-state index in [0.29, 0.717) is 6.61 Å². The maximum Gasteiger partial charge on any atom is 0.471 e. The van der Waals surface area contributed by atoms with Crippen LogP contribution in [0.3, 0.4) is 0 Å². The summed E-state index contributed by atoms with van der Waals surface area (Å²) in [6.45, 7) is 4.88. The van der Waals surface area contributed by atoms with Crippen LogP contribution < -0.4 is 0 Å². The Balaban J connectivity index is 4.28. The number of hydrogen-bond acceptors (Lipinski definition) is 6. The molecule has 0 aromatic rings. The van der Waals surface area contributed by atoms with E-state index in [2.05, 4.69) is 11.4 Å². The van der Waals surface area contributed by atoms with Gasteiger partial charge < -0.3 is 9.63 Å². The van der Waals surface area contributed by atoms with Crippen LogP contribution >= 0.6 is 19.6 Å². The zero-order valence-electron chi connectivity index (χ0n) is 14.2. The van der Waals surface area contributed by atoms with Crippen LogP contribution in [0.4, 0.5) is 0 Å². The Bertz CT molecular complexity index is 388. The number of allylic oxidation sites excluding steroid dienone is 1. The molecule has 0 saturated carbocycles. The van der Waals surface area contributed by atoms with Crippen molar-refractivity contribution in [2.75, 3.05) is 26.9 Å². The molecule has 0 aliphatic carbocycles. The summed E-state index contributed by atoms with van der Waals surface area (Å²) in [7, 11) is -2.94. The zero-order valence-corrected chi connectivity index (χ0v) is 15.9. The van der Waals surface area contributed by atoms with Crippen LogP contribution in [0.5, 0.6) is 0 Å². The summed E-state index contributed by atoms with van der Waals surface area (Å²) in [5.41, 5.74) is 0. The van der Waals surface area contributed by atoms with Crippen molar-refractivity contribution in [1.29, 1.82) is 0 Å². The summed E-state index contributed by atoms with van der Waals surface area (Å²) in [6, 6.07) is 0. The van der Waals surface area contributed by atoms with E-state index in [0.717, 1.165) is 44.6 Å². The van der Waals surface area contributed by atoms with Gasteiger partial charge in [-0.2, -0.15) is 0 Å². The Morgan fingerprint density at radius 3 is 2.61 bits per heavy atom. The molecule has 0 amide bonds. The van der Waals surface area contributed by atoms with E-state index in [-0.39, 0.29) is 23.6 Å². The SMILES string of the molecule is CC/C=C/C(=O)S[C@@H](COCCCCCC)COP(=O)(O)OC. The average Bonchev–Trinajstić information content (AvgIpc) is 2.53. The molecule has 0 aliphatic heterocycles. The van der Waals surface area contributed by atoms with Gasteiger partial charge in [-0.05, 0) is 18.9 Å². The molecular formula is C15H29O6PS. The smallest absolute Gasteiger partial charge is 0.380 e. The summed E-state index contributed by atoms with van der Waals surface area (Å²) >= 11 is 1.04. The quantitative estimate of drug-likeness (QED) is 0.282. The number of rotatable bonds is 14. The third-order valence-electron chi connectivity index (χ3n) is 2.87. The van der Waals surface area contributed by atoms with Crippen LogP contribution in [0.25, 0.3) is 0 Å². The van der Waals surface area contributed by atoms with Crippen LogP contribution in [0.1, 0.15) is 46.0 Å². The van der Waals surface area contributed by atoms with Gasteiger partial charge in [-0.1, -0.05) is 50.9 Å². The van der Waals surface area contributed by atoms with Crippen LogP contribution in [-0.2, 0) is 23.1 Å². The number of ether oxygens (including phenoxy) is 1. The molecule has 6 nitrogen and oxygen atoms in total. The van der Waals surface area contributed by atoms with Gasteiger partial charge in [0, 0.05) is 13.7 Å². The van der Waals surface area contributed by atoms with Gasteiger partial charge in [0.2, 0.25) is 5.12 Å². The Morgan fingerprint density at radius 1 is 1.26 bits per heavy atom. The van der Waals surface area contributed by atoms with E-state index in [1.807, 2.05) is 6.92 Å². The van der Waals surface area contributed by atoms with E-state index in [1.165, 1.54) is 12.5 Å². The maximum atomic E-state index is 11.8. The lowest BCUT2D eigenvalue weighted by molar-refractivity contribution is -0.107. The van der Waals surface area contributed by atoms with Gasteiger partial charge in [0.15, 0.2) is 0 Å². The highest BCUT2D eigenvalue weighted by molar-refractivity contribution is 8.14. The molecule has 0 aliphatic rings. The van der Waals surface area contributed by atoms with Crippen LogP contribution in [0, 0.1) is 0 Å². The fraction of sp³-hybridized carbons (Fsp3) is 0.800. The third kappa shape index (κ3) is 13.9. The number of carbonyl (C=O) groups is 1. The van der Waals surface area contributed by atoms with Gasteiger partial charge >= 0.3 is 7.82 Å². The largest absolute Gasteiger partial charge is 0.471 e. The fourth-order valence-corrected chi connectivity index (χ4v) is 2.99. The van der Waals surface area contributed by atoms with E-state index in [4.69, 9.17) is 9.26 Å². The minimum Gasteiger partial charge on any atom is -0.380 e. The molecule has 2 atom stereocenters. The van der Waals surface area contributed by atoms with Gasteiger partial charge in [-0.25, -0.2) is 4.57 Å². The normalized spacial score (nSPS) is 15.7. The molecule has 0 spiro atoms. The minimum atomic E-state index is -4.04. The third-order valence-corrected chi connectivity index (χ3v) is 4.78. The van der Waals surface area contributed by atoms with E-state index in [9.17, 15) is 14.3 Å². The van der Waals surface area contributed by atoms with Crippen molar-refractivity contribution in [1.82, 2.24) is 0 Å². The molecule has 136 valence electrons. The molecule has 0 bridgehead atoms. The topological polar surface area (TPSA) is 82.1 Å².